The molecule has 2 rings (SSSR count). The second kappa shape index (κ2) is 3.78. The Balaban J connectivity index is 2.14. The molecule has 1 heterocycles. The highest BCUT2D eigenvalue weighted by Crippen LogP contribution is 2.40. The van der Waals surface area contributed by atoms with Gasteiger partial charge in [-0.25, -0.2) is 0 Å². The van der Waals surface area contributed by atoms with Gasteiger partial charge < -0.3 is 14.2 Å². The van der Waals surface area contributed by atoms with Crippen molar-refractivity contribution in [2.45, 2.75) is 12.5 Å². The molecule has 0 aromatic rings. The van der Waals surface area contributed by atoms with Crippen LogP contribution in [-0.2, 0) is 14.2 Å². The fourth-order valence-corrected chi connectivity index (χ4v) is 2.29. The lowest BCUT2D eigenvalue weighted by Crippen LogP contribution is -2.18. The molecule has 0 amide bonds. The minimum atomic E-state index is 0.315. The van der Waals surface area contributed by atoms with E-state index in [2.05, 4.69) is 0 Å². The number of methoxy groups -OCH3 is 2. The number of hydrogen-bond donors (Lipinski definition) is 0. The smallest absolute Gasteiger partial charge is 0.0817 e. The molecule has 0 N–H and O–H groups in total. The lowest BCUT2D eigenvalue weighted by atomic mass is 10.0. The maximum absolute atomic E-state index is 5.60. The molecular weight excluding hydrogens is 168 g/mol. The molecule has 1 aliphatic carbocycles. The maximum atomic E-state index is 5.60. The van der Waals surface area contributed by atoms with Gasteiger partial charge in [-0.1, -0.05) is 0 Å². The van der Waals surface area contributed by atoms with Gasteiger partial charge in [0.25, 0.3) is 0 Å². The average Bonchev–Trinajstić information content (AvgIpc) is 2.69. The monoisotopic (exact) mass is 184 g/mol. The second-order valence-corrected chi connectivity index (χ2v) is 3.67. The summed E-state index contributed by atoms with van der Waals surface area (Å²) in [5, 5.41) is 0. The van der Waals surface area contributed by atoms with Crippen molar-refractivity contribution in [3.05, 3.63) is 11.1 Å². The number of fused-ring (bicyclic) bond motifs is 2. The zero-order chi connectivity index (χ0) is 9.26. The molecule has 2 atom stereocenters. The number of ether oxygens (including phenoxy) is 3. The first-order valence-corrected chi connectivity index (χ1v) is 4.68. The molecule has 1 saturated heterocycles. The van der Waals surface area contributed by atoms with E-state index in [1.807, 2.05) is 0 Å². The SMILES string of the molecule is COCC1=C(COC)C2CC1CO2. The Morgan fingerprint density at radius 2 is 1.92 bits per heavy atom. The lowest BCUT2D eigenvalue weighted by Gasteiger charge is -2.19. The van der Waals surface area contributed by atoms with E-state index in [4.69, 9.17) is 14.2 Å². The van der Waals surface area contributed by atoms with Crippen LogP contribution in [0, 0.1) is 5.92 Å². The molecule has 3 nitrogen and oxygen atoms in total. The van der Waals surface area contributed by atoms with Gasteiger partial charge in [0.05, 0.1) is 25.9 Å². The summed E-state index contributed by atoms with van der Waals surface area (Å²) in [5.74, 6) is 0.593. The van der Waals surface area contributed by atoms with Gasteiger partial charge in [-0.05, 0) is 17.6 Å². The van der Waals surface area contributed by atoms with Crippen LogP contribution in [-0.4, -0.2) is 40.1 Å². The minimum absolute atomic E-state index is 0.315. The van der Waals surface area contributed by atoms with Crippen molar-refractivity contribution in [1.29, 1.82) is 0 Å². The Morgan fingerprint density at radius 1 is 1.23 bits per heavy atom. The van der Waals surface area contributed by atoms with Crippen LogP contribution in [0.25, 0.3) is 0 Å². The van der Waals surface area contributed by atoms with Crippen molar-refractivity contribution < 1.29 is 14.2 Å². The molecule has 74 valence electrons. The van der Waals surface area contributed by atoms with Gasteiger partial charge in [0.2, 0.25) is 0 Å². The van der Waals surface area contributed by atoms with Crippen molar-refractivity contribution >= 4 is 0 Å². The highest BCUT2D eigenvalue weighted by Gasteiger charge is 2.39. The summed E-state index contributed by atoms with van der Waals surface area (Å²) in [4.78, 5) is 0. The van der Waals surface area contributed by atoms with Crippen molar-refractivity contribution in [1.82, 2.24) is 0 Å². The Morgan fingerprint density at radius 3 is 2.62 bits per heavy atom. The van der Waals surface area contributed by atoms with Crippen LogP contribution in [0.15, 0.2) is 11.1 Å². The van der Waals surface area contributed by atoms with E-state index in [1.54, 1.807) is 14.2 Å². The summed E-state index contributed by atoms with van der Waals surface area (Å²) in [7, 11) is 3.47. The zero-order valence-electron chi connectivity index (χ0n) is 8.21. The third kappa shape index (κ3) is 1.52. The molecule has 2 aliphatic rings. The molecule has 0 radical (unpaired) electrons. The Kier molecular flexibility index (Phi) is 2.67. The Bertz CT molecular complexity index is 200. The highest BCUT2D eigenvalue weighted by atomic mass is 16.5. The molecule has 13 heavy (non-hydrogen) atoms. The minimum Gasteiger partial charge on any atom is -0.380 e. The van der Waals surface area contributed by atoms with Gasteiger partial charge in [0.15, 0.2) is 0 Å². The van der Waals surface area contributed by atoms with Gasteiger partial charge in [-0.2, -0.15) is 0 Å². The van der Waals surface area contributed by atoms with E-state index in [0.29, 0.717) is 18.6 Å². The first-order chi connectivity index (χ1) is 6.36. The van der Waals surface area contributed by atoms with Crippen LogP contribution in [0.2, 0.25) is 0 Å². The first-order valence-electron chi connectivity index (χ1n) is 4.68. The number of rotatable bonds is 4. The van der Waals surface area contributed by atoms with E-state index in [9.17, 15) is 0 Å². The maximum Gasteiger partial charge on any atom is 0.0817 e. The van der Waals surface area contributed by atoms with E-state index in [-0.39, 0.29) is 0 Å². The summed E-state index contributed by atoms with van der Waals surface area (Å²) in [6.07, 6.45) is 1.45. The van der Waals surface area contributed by atoms with Crippen LogP contribution in [0.1, 0.15) is 6.42 Å². The fourth-order valence-electron chi connectivity index (χ4n) is 2.29. The molecular formula is C10H16O3. The van der Waals surface area contributed by atoms with E-state index in [0.717, 1.165) is 19.6 Å². The van der Waals surface area contributed by atoms with Gasteiger partial charge in [-0.3, -0.25) is 0 Å². The molecule has 0 aromatic heterocycles. The van der Waals surface area contributed by atoms with Crippen LogP contribution in [0.4, 0.5) is 0 Å². The molecule has 0 aromatic carbocycles. The quantitative estimate of drug-likeness (QED) is 0.610. The van der Waals surface area contributed by atoms with Gasteiger partial charge in [0, 0.05) is 20.1 Å². The zero-order valence-corrected chi connectivity index (χ0v) is 8.21. The van der Waals surface area contributed by atoms with Gasteiger partial charge in [0.1, 0.15) is 0 Å². The van der Waals surface area contributed by atoms with E-state index < -0.39 is 0 Å². The van der Waals surface area contributed by atoms with Crippen molar-refractivity contribution in [2.24, 2.45) is 5.92 Å². The Labute approximate surface area is 78.7 Å². The third-order valence-electron chi connectivity index (χ3n) is 2.89. The fraction of sp³-hybridized carbons (Fsp3) is 0.800. The summed E-state index contributed by atoms with van der Waals surface area (Å²) in [5.41, 5.74) is 2.74. The predicted molar refractivity (Wildman–Crippen MR) is 48.6 cm³/mol. The van der Waals surface area contributed by atoms with E-state index in [1.165, 1.54) is 11.1 Å². The third-order valence-corrected chi connectivity index (χ3v) is 2.89. The Hall–Kier alpha value is -0.380. The van der Waals surface area contributed by atoms with Crippen LogP contribution in [0.5, 0.6) is 0 Å². The van der Waals surface area contributed by atoms with Crippen molar-refractivity contribution in [3.8, 4) is 0 Å². The van der Waals surface area contributed by atoms with Crippen molar-refractivity contribution in [3.63, 3.8) is 0 Å². The van der Waals surface area contributed by atoms with E-state index >= 15 is 0 Å². The molecule has 1 aliphatic heterocycles. The summed E-state index contributed by atoms with van der Waals surface area (Å²) in [6.45, 7) is 2.31. The lowest BCUT2D eigenvalue weighted by molar-refractivity contribution is 0.0990. The standard InChI is InChI=1S/C10H16O3/c1-11-5-8-7-3-10(13-4-7)9(8)6-12-2/h7,10H,3-6H2,1-2H3. The van der Waals surface area contributed by atoms with Gasteiger partial charge >= 0.3 is 0 Å². The van der Waals surface area contributed by atoms with Crippen LogP contribution >= 0.6 is 0 Å². The average molecular weight is 184 g/mol. The highest BCUT2D eigenvalue weighted by molar-refractivity contribution is 5.31. The molecule has 2 bridgehead atoms. The molecule has 2 unspecified atom stereocenters. The molecule has 0 spiro atoms. The molecule has 3 heteroatoms. The van der Waals surface area contributed by atoms with Crippen LogP contribution in [0.3, 0.4) is 0 Å². The van der Waals surface area contributed by atoms with Crippen LogP contribution < -0.4 is 0 Å². The first kappa shape index (κ1) is 9.19. The summed E-state index contributed by atoms with van der Waals surface area (Å²) >= 11 is 0. The second-order valence-electron chi connectivity index (χ2n) is 3.67. The molecule has 1 fully saturated rings. The number of hydrogen-bond acceptors (Lipinski definition) is 3. The normalized spacial score (nSPS) is 31.8. The summed E-state index contributed by atoms with van der Waals surface area (Å²) < 4.78 is 15.9. The topological polar surface area (TPSA) is 27.7 Å². The molecule has 0 saturated carbocycles. The van der Waals surface area contributed by atoms with Gasteiger partial charge in [-0.15, -0.1) is 0 Å². The van der Waals surface area contributed by atoms with Crippen molar-refractivity contribution in [2.75, 3.05) is 34.0 Å². The summed E-state index contributed by atoms with van der Waals surface area (Å²) in [6, 6.07) is 0. The predicted octanol–water partition coefficient (Wildman–Crippen LogP) is 0.995. The largest absolute Gasteiger partial charge is 0.380 e.